The molecule has 2 nitrogen and oxygen atoms in total. The highest BCUT2D eigenvalue weighted by Gasteiger charge is 2.25. The minimum absolute atomic E-state index is 0.173. The van der Waals surface area contributed by atoms with E-state index in [1.807, 2.05) is 0 Å². The number of rotatable bonds is 2. The molecule has 0 N–H and O–H groups in total. The highest BCUT2D eigenvalue weighted by Crippen LogP contribution is 2.30. The van der Waals surface area contributed by atoms with Crippen LogP contribution in [-0.4, -0.2) is 25.9 Å². The molecule has 1 aliphatic rings. The monoisotopic (exact) mass is 308 g/mol. The molecule has 16 heavy (non-hydrogen) atoms. The zero-order valence-electron chi connectivity index (χ0n) is 8.46. The fourth-order valence-corrected chi connectivity index (χ4v) is 2.25. The molecule has 1 aromatic rings. The normalized spacial score (nSPS) is 23.1. The van der Waals surface area contributed by atoms with Gasteiger partial charge in [0.15, 0.2) is 0 Å². The van der Waals surface area contributed by atoms with Gasteiger partial charge in [-0.1, -0.05) is 6.07 Å². The molecular weight excluding hydrogens is 298 g/mol. The number of alkyl halides is 1. The second kappa shape index (κ2) is 5.45. The minimum atomic E-state index is -0.322. The molecule has 1 saturated heterocycles. The van der Waals surface area contributed by atoms with E-state index in [4.69, 9.17) is 21.1 Å². The summed E-state index contributed by atoms with van der Waals surface area (Å²) in [5.41, 5.74) is 0.824. The predicted molar refractivity (Wildman–Crippen MR) is 63.3 cm³/mol. The molecule has 2 atom stereocenters. The van der Waals surface area contributed by atoms with E-state index in [2.05, 4.69) is 15.9 Å². The maximum atomic E-state index is 13.1. The van der Waals surface area contributed by atoms with Crippen molar-refractivity contribution in [2.75, 3.05) is 19.8 Å². The molecule has 0 spiro atoms. The summed E-state index contributed by atoms with van der Waals surface area (Å²) in [5.74, 6) is -0.298. The van der Waals surface area contributed by atoms with Crippen LogP contribution in [0.2, 0.25) is 0 Å². The molecule has 1 fully saturated rings. The fourth-order valence-electron chi connectivity index (χ4n) is 1.57. The Hall–Kier alpha value is -0.160. The van der Waals surface area contributed by atoms with E-state index in [9.17, 15) is 4.39 Å². The van der Waals surface area contributed by atoms with E-state index < -0.39 is 0 Å². The van der Waals surface area contributed by atoms with Crippen LogP contribution in [0.15, 0.2) is 22.7 Å². The molecule has 0 aromatic heterocycles. The van der Waals surface area contributed by atoms with Gasteiger partial charge >= 0.3 is 0 Å². The quantitative estimate of drug-likeness (QED) is 0.781. The lowest BCUT2D eigenvalue weighted by Crippen LogP contribution is -2.31. The van der Waals surface area contributed by atoms with Crippen LogP contribution >= 0.6 is 27.5 Å². The van der Waals surface area contributed by atoms with Gasteiger partial charge in [-0.05, 0) is 33.6 Å². The van der Waals surface area contributed by atoms with Crippen LogP contribution in [0.3, 0.4) is 0 Å². The molecule has 1 aliphatic heterocycles. The zero-order valence-corrected chi connectivity index (χ0v) is 10.8. The summed E-state index contributed by atoms with van der Waals surface area (Å²) < 4.78 is 24.2. The van der Waals surface area contributed by atoms with Crippen molar-refractivity contribution in [1.29, 1.82) is 0 Å². The molecule has 1 heterocycles. The molecule has 0 radical (unpaired) electrons. The Morgan fingerprint density at radius 3 is 2.88 bits per heavy atom. The number of ether oxygens (including phenoxy) is 2. The van der Waals surface area contributed by atoms with Crippen molar-refractivity contribution in [2.45, 2.75) is 11.5 Å². The fraction of sp³-hybridized carbons (Fsp3) is 0.455. The van der Waals surface area contributed by atoms with Crippen LogP contribution in [0, 0.1) is 5.82 Å². The Kier molecular flexibility index (Phi) is 4.19. The van der Waals surface area contributed by atoms with E-state index in [0.717, 1.165) is 5.56 Å². The van der Waals surface area contributed by atoms with E-state index in [-0.39, 0.29) is 17.3 Å². The second-order valence-corrected chi connectivity index (χ2v) is 4.88. The molecule has 1 aromatic carbocycles. The number of halogens is 3. The van der Waals surface area contributed by atoms with Crippen molar-refractivity contribution in [3.05, 3.63) is 34.1 Å². The summed E-state index contributed by atoms with van der Waals surface area (Å²) in [5, 5.41) is -0.322. The van der Waals surface area contributed by atoms with Gasteiger partial charge in [0.05, 0.1) is 29.7 Å². The highest BCUT2D eigenvalue weighted by atomic mass is 79.9. The van der Waals surface area contributed by atoms with Crippen molar-refractivity contribution < 1.29 is 13.9 Å². The summed E-state index contributed by atoms with van der Waals surface area (Å²) in [6, 6.07) is 4.72. The second-order valence-electron chi connectivity index (χ2n) is 3.56. The topological polar surface area (TPSA) is 18.5 Å². The Balaban J connectivity index is 2.12. The molecule has 2 rings (SSSR count). The summed E-state index contributed by atoms with van der Waals surface area (Å²) in [7, 11) is 0. The minimum Gasteiger partial charge on any atom is -0.376 e. The lowest BCUT2D eigenvalue weighted by atomic mass is 10.1. The van der Waals surface area contributed by atoms with E-state index >= 15 is 0 Å². The van der Waals surface area contributed by atoms with Crippen LogP contribution in [-0.2, 0) is 9.47 Å². The predicted octanol–water partition coefficient (Wildman–Crippen LogP) is 3.28. The maximum absolute atomic E-state index is 13.1. The van der Waals surface area contributed by atoms with Gasteiger partial charge in [0.1, 0.15) is 11.9 Å². The van der Waals surface area contributed by atoms with Gasteiger partial charge in [0, 0.05) is 0 Å². The van der Waals surface area contributed by atoms with Crippen LogP contribution in [0.25, 0.3) is 0 Å². The third-order valence-electron chi connectivity index (χ3n) is 2.43. The number of benzene rings is 1. The van der Waals surface area contributed by atoms with Crippen molar-refractivity contribution >= 4 is 27.5 Å². The van der Waals surface area contributed by atoms with Gasteiger partial charge in [-0.3, -0.25) is 0 Å². The van der Waals surface area contributed by atoms with Gasteiger partial charge in [0.2, 0.25) is 0 Å². The lowest BCUT2D eigenvalue weighted by molar-refractivity contribution is -0.0892. The van der Waals surface area contributed by atoms with Gasteiger partial charge < -0.3 is 9.47 Å². The van der Waals surface area contributed by atoms with Gasteiger partial charge in [-0.15, -0.1) is 11.6 Å². The lowest BCUT2D eigenvalue weighted by Gasteiger charge is -2.27. The van der Waals surface area contributed by atoms with Crippen LogP contribution < -0.4 is 0 Å². The first-order valence-corrected chi connectivity index (χ1v) is 6.20. The number of hydrogen-bond donors (Lipinski definition) is 0. The van der Waals surface area contributed by atoms with Crippen molar-refractivity contribution in [3.8, 4) is 0 Å². The average Bonchev–Trinajstić information content (AvgIpc) is 2.33. The van der Waals surface area contributed by atoms with E-state index in [0.29, 0.717) is 24.3 Å². The smallest absolute Gasteiger partial charge is 0.137 e. The maximum Gasteiger partial charge on any atom is 0.137 e. The first kappa shape index (κ1) is 12.3. The Morgan fingerprint density at radius 1 is 1.44 bits per heavy atom. The van der Waals surface area contributed by atoms with Crippen molar-refractivity contribution in [1.82, 2.24) is 0 Å². The molecule has 2 unspecified atom stereocenters. The Bertz CT molecular complexity index is 369. The molecule has 0 amide bonds. The van der Waals surface area contributed by atoms with E-state index in [1.165, 1.54) is 6.07 Å². The molecular formula is C11H11BrClFO2. The third-order valence-corrected chi connectivity index (χ3v) is 3.57. The summed E-state index contributed by atoms with van der Waals surface area (Å²) >= 11 is 9.39. The van der Waals surface area contributed by atoms with Crippen molar-refractivity contribution in [2.24, 2.45) is 0 Å². The highest BCUT2D eigenvalue weighted by molar-refractivity contribution is 9.10. The average molecular weight is 310 g/mol. The van der Waals surface area contributed by atoms with E-state index in [1.54, 1.807) is 12.1 Å². The van der Waals surface area contributed by atoms with Crippen LogP contribution in [0.4, 0.5) is 4.39 Å². The standard InChI is InChI=1S/C11H11BrClFO2/c12-8-5-7(1-2-9(8)14)11(13)10-6-15-3-4-16-10/h1-2,5,10-11H,3-4,6H2. The summed E-state index contributed by atoms with van der Waals surface area (Å²) in [4.78, 5) is 0. The molecule has 5 heteroatoms. The Morgan fingerprint density at radius 2 is 2.25 bits per heavy atom. The van der Waals surface area contributed by atoms with Crippen LogP contribution in [0.5, 0.6) is 0 Å². The largest absolute Gasteiger partial charge is 0.376 e. The van der Waals surface area contributed by atoms with Crippen molar-refractivity contribution in [3.63, 3.8) is 0 Å². The van der Waals surface area contributed by atoms with Gasteiger partial charge in [-0.2, -0.15) is 0 Å². The van der Waals surface area contributed by atoms with Gasteiger partial charge in [-0.25, -0.2) is 4.39 Å². The summed E-state index contributed by atoms with van der Waals surface area (Å²) in [6.07, 6.45) is -0.173. The first-order chi connectivity index (χ1) is 7.68. The SMILES string of the molecule is Fc1ccc(C(Cl)C2COCCO2)cc1Br. The van der Waals surface area contributed by atoms with Gasteiger partial charge in [0.25, 0.3) is 0 Å². The molecule has 88 valence electrons. The third kappa shape index (κ3) is 2.74. The number of hydrogen-bond acceptors (Lipinski definition) is 2. The first-order valence-electron chi connectivity index (χ1n) is 4.97. The molecule has 0 saturated carbocycles. The van der Waals surface area contributed by atoms with Crippen LogP contribution in [0.1, 0.15) is 10.9 Å². The molecule has 0 aliphatic carbocycles. The summed E-state index contributed by atoms with van der Waals surface area (Å²) in [6.45, 7) is 1.63. The molecule has 0 bridgehead atoms. The zero-order chi connectivity index (χ0) is 11.5. The Labute approximate surface area is 107 Å².